The summed E-state index contributed by atoms with van der Waals surface area (Å²) in [6.45, 7) is 12.1. The van der Waals surface area contributed by atoms with E-state index in [1.54, 1.807) is 4.90 Å². The second-order valence-corrected chi connectivity index (χ2v) is 12.9. The summed E-state index contributed by atoms with van der Waals surface area (Å²) in [5.41, 5.74) is 4.70. The van der Waals surface area contributed by atoms with E-state index >= 15 is 0 Å². The van der Waals surface area contributed by atoms with Gasteiger partial charge in [-0.15, -0.1) is 0 Å². The van der Waals surface area contributed by atoms with Gasteiger partial charge in [-0.25, -0.2) is 0 Å². The highest BCUT2D eigenvalue weighted by Gasteiger charge is 2.49. The summed E-state index contributed by atoms with van der Waals surface area (Å²) in [4.78, 5) is 31.4. The van der Waals surface area contributed by atoms with Gasteiger partial charge in [0, 0.05) is 54.8 Å². The van der Waals surface area contributed by atoms with E-state index in [-0.39, 0.29) is 29.9 Å². The Balaban J connectivity index is 1.36. The van der Waals surface area contributed by atoms with Crippen LogP contribution in [-0.2, 0) is 17.8 Å². The van der Waals surface area contributed by atoms with Crippen molar-refractivity contribution in [3.63, 3.8) is 0 Å². The number of amides is 1. The van der Waals surface area contributed by atoms with E-state index < -0.39 is 0 Å². The monoisotopic (exact) mass is 593 g/mol. The minimum atomic E-state index is -0.235. The molecule has 0 radical (unpaired) electrons. The van der Waals surface area contributed by atoms with Crippen LogP contribution in [0.5, 0.6) is 6.01 Å². The molecule has 230 valence electrons. The second kappa shape index (κ2) is 12.1. The molecule has 0 bridgehead atoms. The fraction of sp³-hybridized carbons (Fsp3) is 0.486. The highest BCUT2D eigenvalue weighted by atomic mass is 16.5. The first-order valence-corrected chi connectivity index (χ1v) is 15.7. The number of aryl methyl sites for hydroxylation is 1. The number of carbonyl (C=O) groups is 1. The minimum absolute atomic E-state index is 0.0235. The molecule has 6 rings (SSSR count). The fourth-order valence-electron chi connectivity index (χ4n) is 7.18. The van der Waals surface area contributed by atoms with Crippen LogP contribution in [0.3, 0.4) is 0 Å². The first-order chi connectivity index (χ1) is 21.2. The second-order valence-electron chi connectivity index (χ2n) is 12.9. The lowest BCUT2D eigenvalue weighted by atomic mass is 9.99. The first-order valence-electron chi connectivity index (χ1n) is 15.7. The topological polar surface area (TPSA) is 88.8 Å². The Bertz CT molecular complexity index is 1600. The molecule has 1 amide bonds. The Kier molecular flexibility index (Phi) is 8.21. The van der Waals surface area contributed by atoms with E-state index in [0.29, 0.717) is 32.2 Å². The summed E-state index contributed by atoms with van der Waals surface area (Å²) in [5, 5.41) is 12.1. The summed E-state index contributed by atoms with van der Waals surface area (Å²) in [6.07, 6.45) is 4.63. The summed E-state index contributed by atoms with van der Waals surface area (Å²) < 4.78 is 6.60. The van der Waals surface area contributed by atoms with Crippen LogP contribution in [0.4, 0.5) is 11.5 Å². The summed E-state index contributed by atoms with van der Waals surface area (Å²) in [5.74, 6) is 0.737. The van der Waals surface area contributed by atoms with Crippen molar-refractivity contribution in [1.29, 1.82) is 5.26 Å². The molecule has 9 heteroatoms. The van der Waals surface area contributed by atoms with Crippen LogP contribution in [0, 0.1) is 23.7 Å². The van der Waals surface area contributed by atoms with E-state index in [1.807, 2.05) is 0 Å². The van der Waals surface area contributed by atoms with Crippen molar-refractivity contribution in [2.75, 3.05) is 56.6 Å². The van der Waals surface area contributed by atoms with Crippen LogP contribution in [0.25, 0.3) is 10.8 Å². The zero-order valence-corrected chi connectivity index (χ0v) is 26.4. The molecule has 3 aromatic rings. The number of carbonyl (C=O) groups excluding carboxylic acids is 1. The van der Waals surface area contributed by atoms with Crippen LogP contribution >= 0.6 is 0 Å². The van der Waals surface area contributed by atoms with E-state index in [1.165, 1.54) is 28.1 Å². The normalized spacial score (nSPS) is 19.8. The first kappa shape index (κ1) is 29.9. The maximum absolute atomic E-state index is 12.6. The zero-order chi connectivity index (χ0) is 31.0. The van der Waals surface area contributed by atoms with Gasteiger partial charge in [0.2, 0.25) is 5.91 Å². The van der Waals surface area contributed by atoms with Crippen LogP contribution in [0.15, 0.2) is 49.1 Å². The number of nitriles is 1. The fourth-order valence-corrected chi connectivity index (χ4v) is 7.18. The number of fused-ring (bicyclic) bond motifs is 2. The predicted molar refractivity (Wildman–Crippen MR) is 174 cm³/mol. The Labute approximate surface area is 260 Å². The number of anilines is 2. The van der Waals surface area contributed by atoms with Gasteiger partial charge in [-0.2, -0.15) is 15.2 Å². The van der Waals surface area contributed by atoms with Gasteiger partial charge in [0.15, 0.2) is 0 Å². The standard InChI is InChI=1S/C35H43N7O2/c1-6-31(43)42-20-19-41(21-27(42)13-17-36)33-28-14-18-40(30-12-8-11-26-10-7-9-24(2)32(26)30)22-29(28)37-34(38-33)44-25(3)35(15-16-35)23-39(4)5/h6-12,25,27H,1,13-16,18-23H2,2-5H3. The Morgan fingerprint density at radius 1 is 1.18 bits per heavy atom. The molecule has 0 spiro atoms. The third kappa shape index (κ3) is 5.71. The highest BCUT2D eigenvalue weighted by Crippen LogP contribution is 2.50. The van der Waals surface area contributed by atoms with Crippen LogP contribution in [0.2, 0.25) is 0 Å². The molecule has 2 unspecified atom stereocenters. The zero-order valence-electron chi connectivity index (χ0n) is 26.4. The molecular formula is C35H43N7O2. The highest BCUT2D eigenvalue weighted by molar-refractivity contribution is 5.97. The molecule has 44 heavy (non-hydrogen) atoms. The maximum atomic E-state index is 12.6. The van der Waals surface area contributed by atoms with Gasteiger partial charge in [-0.3, -0.25) is 4.79 Å². The lowest BCUT2D eigenvalue weighted by Crippen LogP contribution is -2.55. The molecule has 2 atom stereocenters. The number of aromatic nitrogens is 2. The van der Waals surface area contributed by atoms with Crippen molar-refractivity contribution in [2.24, 2.45) is 5.41 Å². The van der Waals surface area contributed by atoms with Crippen LogP contribution < -0.4 is 14.5 Å². The lowest BCUT2D eigenvalue weighted by molar-refractivity contribution is -0.128. The molecular weight excluding hydrogens is 550 g/mol. The van der Waals surface area contributed by atoms with Gasteiger partial charge >= 0.3 is 6.01 Å². The van der Waals surface area contributed by atoms with Gasteiger partial charge in [-0.1, -0.05) is 36.9 Å². The molecule has 2 aromatic carbocycles. The number of benzene rings is 2. The van der Waals surface area contributed by atoms with Crippen molar-refractivity contribution in [3.8, 4) is 12.1 Å². The number of piperazine rings is 1. The average molecular weight is 594 g/mol. The predicted octanol–water partition coefficient (Wildman–Crippen LogP) is 4.73. The molecule has 1 saturated heterocycles. The van der Waals surface area contributed by atoms with E-state index in [9.17, 15) is 10.1 Å². The smallest absolute Gasteiger partial charge is 0.318 e. The Morgan fingerprint density at radius 2 is 1.95 bits per heavy atom. The number of nitrogens with zero attached hydrogens (tertiary/aromatic N) is 7. The molecule has 2 aliphatic heterocycles. The number of hydrogen-bond donors (Lipinski definition) is 0. The largest absolute Gasteiger partial charge is 0.460 e. The van der Waals surface area contributed by atoms with E-state index in [0.717, 1.165) is 49.4 Å². The maximum Gasteiger partial charge on any atom is 0.318 e. The molecule has 2 fully saturated rings. The molecule has 3 aliphatic rings. The van der Waals surface area contributed by atoms with Crippen LogP contribution in [-0.4, -0.2) is 84.6 Å². The average Bonchev–Trinajstić information content (AvgIpc) is 3.80. The number of hydrogen-bond acceptors (Lipinski definition) is 8. The third-order valence-corrected chi connectivity index (χ3v) is 9.69. The molecule has 1 aromatic heterocycles. The van der Waals surface area contributed by atoms with Crippen molar-refractivity contribution >= 4 is 28.2 Å². The summed E-state index contributed by atoms with van der Waals surface area (Å²) in [6, 6.07) is 15.4. The van der Waals surface area contributed by atoms with Gasteiger partial charge in [0.25, 0.3) is 0 Å². The quantitative estimate of drug-likeness (QED) is 0.329. The van der Waals surface area contributed by atoms with Gasteiger partial charge < -0.3 is 24.3 Å². The molecule has 1 saturated carbocycles. The van der Waals surface area contributed by atoms with Crippen molar-refractivity contribution < 1.29 is 9.53 Å². The number of ether oxygens (including phenoxy) is 1. The summed E-state index contributed by atoms with van der Waals surface area (Å²) in [7, 11) is 4.22. The number of rotatable bonds is 9. The lowest BCUT2D eigenvalue weighted by Gasteiger charge is -2.42. The molecule has 9 nitrogen and oxygen atoms in total. The van der Waals surface area contributed by atoms with Gasteiger partial charge in [0.1, 0.15) is 11.9 Å². The van der Waals surface area contributed by atoms with Crippen molar-refractivity contribution in [2.45, 2.75) is 58.2 Å². The Hall–Kier alpha value is -4.16. The molecule has 0 N–H and O–H groups in total. The third-order valence-electron chi connectivity index (χ3n) is 9.69. The van der Waals surface area contributed by atoms with E-state index in [4.69, 9.17) is 14.7 Å². The Morgan fingerprint density at radius 3 is 2.66 bits per heavy atom. The minimum Gasteiger partial charge on any atom is -0.460 e. The van der Waals surface area contributed by atoms with Crippen molar-refractivity contribution in [3.05, 3.63) is 65.9 Å². The van der Waals surface area contributed by atoms with Crippen molar-refractivity contribution in [1.82, 2.24) is 19.8 Å². The van der Waals surface area contributed by atoms with Crippen LogP contribution in [0.1, 0.15) is 43.0 Å². The SMILES string of the molecule is C=CC(=O)N1CCN(c2nc(OC(C)C3(CN(C)C)CC3)nc3c2CCN(c2cccc4cccc(C)c24)C3)CC1CC#N. The van der Waals surface area contributed by atoms with Gasteiger partial charge in [0.05, 0.1) is 30.8 Å². The molecule has 1 aliphatic carbocycles. The summed E-state index contributed by atoms with van der Waals surface area (Å²) >= 11 is 0. The molecule has 3 heterocycles. The van der Waals surface area contributed by atoms with Gasteiger partial charge in [-0.05, 0) is 70.3 Å². The van der Waals surface area contributed by atoms with E-state index in [2.05, 4.69) is 91.7 Å².